The summed E-state index contributed by atoms with van der Waals surface area (Å²) in [6.07, 6.45) is 8.68. The summed E-state index contributed by atoms with van der Waals surface area (Å²) in [6.45, 7) is 10.3. The van der Waals surface area contributed by atoms with Gasteiger partial charge in [0.1, 0.15) is 5.82 Å². The number of amides is 2. The van der Waals surface area contributed by atoms with E-state index in [0.717, 1.165) is 83.9 Å². The molecule has 0 spiro atoms. The fourth-order valence-electron chi connectivity index (χ4n) is 7.52. The van der Waals surface area contributed by atoms with E-state index in [1.165, 1.54) is 19.3 Å². The van der Waals surface area contributed by atoms with E-state index >= 15 is 0 Å². The number of halogens is 2. The Labute approximate surface area is 277 Å². The molecule has 0 radical (unpaired) electrons. The minimum atomic E-state index is -0.494. The Hall–Kier alpha value is -2.77. The highest BCUT2D eigenvalue weighted by Crippen LogP contribution is 2.41. The van der Waals surface area contributed by atoms with E-state index in [2.05, 4.69) is 33.1 Å². The van der Waals surface area contributed by atoms with Gasteiger partial charge in [0.25, 0.3) is 5.91 Å². The highest BCUT2D eigenvalue weighted by atomic mass is 35.5. The number of hydrogen-bond acceptors (Lipinski definition) is 4. The van der Waals surface area contributed by atoms with Crippen LogP contribution in [0.1, 0.15) is 99.9 Å². The normalized spacial score (nSPS) is 23.4. The minimum Gasteiger partial charge on any atom is -0.370 e. The highest BCUT2D eigenvalue weighted by Gasteiger charge is 2.38. The molecule has 2 heterocycles. The largest absolute Gasteiger partial charge is 0.370 e. The predicted molar refractivity (Wildman–Crippen MR) is 183 cm³/mol. The summed E-state index contributed by atoms with van der Waals surface area (Å²) in [6, 6.07) is 8.08. The van der Waals surface area contributed by atoms with Crippen molar-refractivity contribution in [1.29, 1.82) is 0 Å². The smallest absolute Gasteiger partial charge is 0.253 e. The molecule has 7 nitrogen and oxygen atoms in total. The summed E-state index contributed by atoms with van der Waals surface area (Å²) < 4.78 is 2.10. The van der Waals surface area contributed by atoms with Gasteiger partial charge in [0.2, 0.25) is 5.91 Å². The van der Waals surface area contributed by atoms with Gasteiger partial charge in [-0.2, -0.15) is 0 Å². The first kappa shape index (κ1) is 32.2. The SMILES string of the molecule is CC1CCC(NC(=O)c2cc3nc(Cc4c(Cl)ccc(CNC(=O)C(C)(C)C)c4Cl)n(C)c3cc2N2CC3CCCC3C2)CC1. The molecule has 6 rings (SSSR count). The molecule has 2 N–H and O–H groups in total. The lowest BCUT2D eigenvalue weighted by molar-refractivity contribution is -0.128. The monoisotopic (exact) mass is 651 g/mol. The molecule has 0 bridgehead atoms. The Morgan fingerprint density at radius 1 is 1.00 bits per heavy atom. The number of aromatic nitrogens is 2. The van der Waals surface area contributed by atoms with Crippen LogP contribution in [0, 0.1) is 23.2 Å². The van der Waals surface area contributed by atoms with Crippen molar-refractivity contribution in [3.05, 3.63) is 56.8 Å². The zero-order valence-corrected chi connectivity index (χ0v) is 28.8. The second-order valence-corrected chi connectivity index (χ2v) is 15.6. The number of carbonyl (C=O) groups excluding carboxylic acids is 2. The van der Waals surface area contributed by atoms with Crippen molar-refractivity contribution >= 4 is 51.7 Å². The second-order valence-electron chi connectivity index (χ2n) is 14.8. The van der Waals surface area contributed by atoms with Gasteiger partial charge >= 0.3 is 0 Å². The van der Waals surface area contributed by atoms with Crippen LogP contribution in [0.4, 0.5) is 5.69 Å². The molecule has 2 aliphatic carbocycles. The molecule has 1 aliphatic heterocycles. The summed E-state index contributed by atoms with van der Waals surface area (Å²) in [5.74, 6) is 2.93. The predicted octanol–water partition coefficient (Wildman–Crippen LogP) is 7.68. The van der Waals surface area contributed by atoms with Crippen LogP contribution in [-0.4, -0.2) is 40.5 Å². The van der Waals surface area contributed by atoms with Crippen LogP contribution in [-0.2, 0) is 24.8 Å². The Morgan fingerprint density at radius 3 is 2.36 bits per heavy atom. The van der Waals surface area contributed by atoms with Crippen molar-refractivity contribution in [2.45, 2.75) is 91.6 Å². The molecule has 45 heavy (non-hydrogen) atoms. The van der Waals surface area contributed by atoms with Crippen LogP contribution in [0.2, 0.25) is 10.0 Å². The molecule has 3 fully saturated rings. The molecule has 2 atom stereocenters. The molecule has 1 saturated heterocycles. The quantitative estimate of drug-likeness (QED) is 0.275. The lowest BCUT2D eigenvalue weighted by atomic mass is 9.87. The summed E-state index contributed by atoms with van der Waals surface area (Å²) in [7, 11) is 2.02. The van der Waals surface area contributed by atoms with Crippen LogP contribution in [0.15, 0.2) is 24.3 Å². The highest BCUT2D eigenvalue weighted by molar-refractivity contribution is 6.36. The number of nitrogens with zero attached hydrogens (tertiary/aromatic N) is 3. The molecule has 1 aromatic heterocycles. The summed E-state index contributed by atoms with van der Waals surface area (Å²) in [4.78, 5) is 33.9. The molecule has 9 heteroatoms. The van der Waals surface area contributed by atoms with Gasteiger partial charge in [-0.3, -0.25) is 9.59 Å². The minimum absolute atomic E-state index is 0.00631. The zero-order chi connectivity index (χ0) is 32.0. The molecular weight excluding hydrogens is 605 g/mol. The van der Waals surface area contributed by atoms with Gasteiger partial charge in [0.15, 0.2) is 0 Å². The maximum absolute atomic E-state index is 13.9. The van der Waals surface area contributed by atoms with Gasteiger partial charge in [-0.1, -0.05) is 63.4 Å². The van der Waals surface area contributed by atoms with E-state index in [9.17, 15) is 9.59 Å². The molecule has 2 unspecified atom stereocenters. The van der Waals surface area contributed by atoms with Gasteiger partial charge < -0.3 is 20.1 Å². The number of imidazole rings is 1. The van der Waals surface area contributed by atoms with E-state index in [4.69, 9.17) is 28.2 Å². The Balaban J connectivity index is 1.31. The van der Waals surface area contributed by atoms with E-state index in [1.54, 1.807) is 0 Å². The Bertz CT molecular complexity index is 1590. The third-order valence-electron chi connectivity index (χ3n) is 10.5. The fraction of sp³-hybridized carbons (Fsp3) is 0.583. The summed E-state index contributed by atoms with van der Waals surface area (Å²) in [5.41, 5.74) is 4.60. The molecule has 242 valence electrons. The average molecular weight is 653 g/mol. The van der Waals surface area contributed by atoms with E-state index in [1.807, 2.05) is 46.0 Å². The number of hydrogen-bond donors (Lipinski definition) is 2. The van der Waals surface area contributed by atoms with E-state index in [-0.39, 0.29) is 17.9 Å². The summed E-state index contributed by atoms with van der Waals surface area (Å²) in [5, 5.41) is 7.47. The molecule has 2 saturated carbocycles. The maximum atomic E-state index is 13.9. The van der Waals surface area contributed by atoms with Crippen molar-refractivity contribution in [3.8, 4) is 0 Å². The number of aryl methyl sites for hydroxylation is 1. The molecule has 3 aromatic rings. The molecule has 3 aliphatic rings. The van der Waals surface area contributed by atoms with Crippen molar-refractivity contribution in [1.82, 2.24) is 20.2 Å². The fourth-order valence-corrected chi connectivity index (χ4v) is 8.09. The first-order valence-corrected chi connectivity index (χ1v) is 17.4. The van der Waals surface area contributed by atoms with Gasteiger partial charge in [-0.05, 0) is 85.6 Å². The van der Waals surface area contributed by atoms with Crippen LogP contribution in [0.5, 0.6) is 0 Å². The zero-order valence-electron chi connectivity index (χ0n) is 27.3. The van der Waals surface area contributed by atoms with Gasteiger partial charge in [-0.25, -0.2) is 4.98 Å². The Morgan fingerprint density at radius 2 is 1.69 bits per heavy atom. The molecule has 2 amide bonds. The maximum Gasteiger partial charge on any atom is 0.253 e. The first-order valence-electron chi connectivity index (χ1n) is 16.7. The second kappa shape index (κ2) is 12.8. The van der Waals surface area contributed by atoms with Crippen LogP contribution >= 0.6 is 23.2 Å². The Kier molecular flexibility index (Phi) is 9.15. The van der Waals surface area contributed by atoms with Gasteiger partial charge in [-0.15, -0.1) is 0 Å². The van der Waals surface area contributed by atoms with Crippen LogP contribution in [0.25, 0.3) is 11.0 Å². The third kappa shape index (κ3) is 6.71. The topological polar surface area (TPSA) is 79.3 Å². The van der Waals surface area contributed by atoms with E-state index < -0.39 is 5.41 Å². The number of rotatable bonds is 7. The van der Waals surface area contributed by atoms with Crippen molar-refractivity contribution < 1.29 is 9.59 Å². The van der Waals surface area contributed by atoms with Crippen molar-refractivity contribution in [2.75, 3.05) is 18.0 Å². The number of fused-ring (bicyclic) bond motifs is 2. The van der Waals surface area contributed by atoms with Crippen molar-refractivity contribution in [3.63, 3.8) is 0 Å². The van der Waals surface area contributed by atoms with E-state index in [0.29, 0.717) is 34.8 Å². The average Bonchev–Trinajstić information content (AvgIpc) is 3.69. The third-order valence-corrected chi connectivity index (χ3v) is 11.3. The molecular formula is C36H47Cl2N5O2. The van der Waals surface area contributed by atoms with Crippen molar-refractivity contribution in [2.24, 2.45) is 30.2 Å². The summed E-state index contributed by atoms with van der Waals surface area (Å²) >= 11 is 13.6. The lowest BCUT2D eigenvalue weighted by Crippen LogP contribution is -2.38. The van der Waals surface area contributed by atoms with Crippen LogP contribution in [0.3, 0.4) is 0 Å². The number of nitrogens with one attached hydrogen (secondary N) is 2. The standard InChI is InChI=1S/C36H47Cl2N5O2/c1-21-9-12-25(13-10-21)40-34(44)27-15-29-31(17-30(27)43-19-23-7-6-8-24(23)20-43)42(5)32(41-29)16-26-28(37)14-11-22(33(26)38)18-39-35(45)36(2,3)4/h11,14-15,17,21,23-25H,6-10,12-13,16,18-20H2,1-5H3,(H,39,45)(H,40,44). The van der Waals surface area contributed by atoms with Gasteiger partial charge in [0.05, 0.1) is 27.3 Å². The number of anilines is 1. The van der Waals surface area contributed by atoms with Gasteiger partial charge in [0, 0.05) is 49.6 Å². The van der Waals surface area contributed by atoms with Crippen LogP contribution < -0.4 is 15.5 Å². The number of carbonyl (C=O) groups is 2. The first-order chi connectivity index (χ1) is 21.4. The number of benzene rings is 2. The lowest BCUT2D eigenvalue weighted by Gasteiger charge is -2.28. The molecule has 2 aromatic carbocycles.